The summed E-state index contributed by atoms with van der Waals surface area (Å²) in [6.07, 6.45) is 4.52. The molecule has 7 heteroatoms. The van der Waals surface area contributed by atoms with Crippen LogP contribution in [0, 0.1) is 0 Å². The maximum Gasteiger partial charge on any atom is 0.267 e. The van der Waals surface area contributed by atoms with Crippen LogP contribution in [0.25, 0.3) is 11.1 Å². The number of fused-ring (bicyclic) bond motifs is 1. The molecule has 4 rings (SSSR count). The van der Waals surface area contributed by atoms with Gasteiger partial charge in [-0.15, -0.1) is 0 Å². The molecule has 1 unspecified atom stereocenters. The van der Waals surface area contributed by atoms with E-state index >= 15 is 0 Å². The molecule has 0 radical (unpaired) electrons. The molecule has 0 saturated heterocycles. The smallest absolute Gasteiger partial charge is 0.267 e. The summed E-state index contributed by atoms with van der Waals surface area (Å²) in [5.41, 5.74) is 3.60. The third kappa shape index (κ3) is 4.72. The van der Waals surface area contributed by atoms with Gasteiger partial charge in [-0.3, -0.25) is 9.59 Å². The van der Waals surface area contributed by atoms with Crippen LogP contribution in [0.2, 0.25) is 0 Å². The van der Waals surface area contributed by atoms with Crippen LogP contribution in [0.15, 0.2) is 77.7 Å². The van der Waals surface area contributed by atoms with Crippen LogP contribution < -0.4 is 5.32 Å². The Labute approximate surface area is 186 Å². The van der Waals surface area contributed by atoms with E-state index in [0.29, 0.717) is 41.7 Å². The number of carbonyl (C=O) groups is 2. The molecule has 1 N–H and O–H groups in total. The standard InChI is InChI=1S/C25H26N4O3/c1-28-14-6-9-22(28)24(30)26-13-12-20(15-18-7-4-3-5-8-18)29(2)25(31)19-10-11-23-21(16-19)27-17-32-23/h3-11,14,16-17,20H,12-13,15H2,1-2H3,(H,26,30). The Morgan fingerprint density at radius 2 is 1.94 bits per heavy atom. The average molecular weight is 431 g/mol. The first-order chi connectivity index (χ1) is 15.5. The SMILES string of the molecule is CN(C(=O)c1ccc2ocnc2c1)C(CCNC(=O)c1cccn1C)Cc1ccccc1. The lowest BCUT2D eigenvalue weighted by molar-refractivity contribution is 0.0723. The van der Waals surface area contributed by atoms with Gasteiger partial charge in [-0.25, -0.2) is 4.98 Å². The molecular weight excluding hydrogens is 404 g/mol. The first-order valence-corrected chi connectivity index (χ1v) is 10.6. The highest BCUT2D eigenvalue weighted by molar-refractivity contribution is 5.97. The zero-order chi connectivity index (χ0) is 22.5. The van der Waals surface area contributed by atoms with Crippen LogP contribution in [0.4, 0.5) is 0 Å². The molecule has 164 valence electrons. The molecule has 2 amide bonds. The van der Waals surface area contributed by atoms with E-state index < -0.39 is 0 Å². The number of oxazole rings is 1. The number of likely N-dealkylation sites (N-methyl/N-ethyl adjacent to an activating group) is 1. The van der Waals surface area contributed by atoms with E-state index in [1.807, 2.05) is 44.6 Å². The van der Waals surface area contributed by atoms with Crippen LogP contribution in [-0.4, -0.2) is 45.9 Å². The number of aromatic nitrogens is 2. The van der Waals surface area contributed by atoms with Crippen molar-refractivity contribution in [3.8, 4) is 0 Å². The van der Waals surface area contributed by atoms with Gasteiger partial charge >= 0.3 is 0 Å². The van der Waals surface area contributed by atoms with Crippen molar-refractivity contribution in [2.24, 2.45) is 7.05 Å². The van der Waals surface area contributed by atoms with Gasteiger partial charge < -0.3 is 19.2 Å². The van der Waals surface area contributed by atoms with Gasteiger partial charge in [-0.1, -0.05) is 30.3 Å². The molecule has 7 nitrogen and oxygen atoms in total. The van der Waals surface area contributed by atoms with Crippen molar-refractivity contribution < 1.29 is 14.0 Å². The Kier molecular flexibility index (Phi) is 6.35. The summed E-state index contributed by atoms with van der Waals surface area (Å²) < 4.78 is 7.06. The quantitative estimate of drug-likeness (QED) is 0.463. The van der Waals surface area contributed by atoms with Crippen molar-refractivity contribution in [2.45, 2.75) is 18.9 Å². The monoisotopic (exact) mass is 430 g/mol. The molecular formula is C25H26N4O3. The van der Waals surface area contributed by atoms with Crippen molar-refractivity contribution in [1.82, 2.24) is 19.8 Å². The topological polar surface area (TPSA) is 80.4 Å². The fraction of sp³-hybridized carbons (Fsp3) is 0.240. The van der Waals surface area contributed by atoms with Gasteiger partial charge in [0.25, 0.3) is 11.8 Å². The molecule has 0 aliphatic heterocycles. The molecule has 1 atom stereocenters. The molecule has 0 aliphatic rings. The summed E-state index contributed by atoms with van der Waals surface area (Å²) in [7, 11) is 3.65. The molecule has 0 spiro atoms. The minimum Gasteiger partial charge on any atom is -0.443 e. The third-order valence-corrected chi connectivity index (χ3v) is 5.70. The van der Waals surface area contributed by atoms with Crippen molar-refractivity contribution >= 4 is 22.9 Å². The van der Waals surface area contributed by atoms with Crippen LogP contribution in [-0.2, 0) is 13.5 Å². The van der Waals surface area contributed by atoms with E-state index in [0.717, 1.165) is 5.56 Å². The number of aryl methyl sites for hydroxylation is 1. The van der Waals surface area contributed by atoms with Crippen LogP contribution in [0.5, 0.6) is 0 Å². The lowest BCUT2D eigenvalue weighted by Crippen LogP contribution is -2.41. The molecule has 0 saturated carbocycles. The van der Waals surface area contributed by atoms with E-state index in [1.165, 1.54) is 6.39 Å². The fourth-order valence-corrected chi connectivity index (χ4v) is 3.82. The number of hydrogen-bond acceptors (Lipinski definition) is 4. The largest absolute Gasteiger partial charge is 0.443 e. The molecule has 2 aromatic heterocycles. The fourth-order valence-electron chi connectivity index (χ4n) is 3.82. The highest BCUT2D eigenvalue weighted by atomic mass is 16.3. The summed E-state index contributed by atoms with van der Waals surface area (Å²) in [4.78, 5) is 31.6. The molecule has 0 fully saturated rings. The summed E-state index contributed by atoms with van der Waals surface area (Å²) >= 11 is 0. The van der Waals surface area contributed by atoms with E-state index in [1.54, 1.807) is 33.7 Å². The van der Waals surface area contributed by atoms with Gasteiger partial charge in [0.15, 0.2) is 12.0 Å². The Bertz CT molecular complexity index is 1210. The average Bonchev–Trinajstić information content (AvgIpc) is 3.46. The first-order valence-electron chi connectivity index (χ1n) is 10.6. The number of benzene rings is 2. The van der Waals surface area contributed by atoms with Crippen LogP contribution >= 0.6 is 0 Å². The lowest BCUT2D eigenvalue weighted by atomic mass is 10.0. The van der Waals surface area contributed by atoms with E-state index in [9.17, 15) is 9.59 Å². The Balaban J connectivity index is 1.48. The zero-order valence-electron chi connectivity index (χ0n) is 18.2. The summed E-state index contributed by atoms with van der Waals surface area (Å²) in [5.74, 6) is -0.217. The minimum absolute atomic E-state index is 0.0911. The maximum absolute atomic E-state index is 13.2. The number of nitrogens with zero attached hydrogens (tertiary/aromatic N) is 3. The van der Waals surface area contributed by atoms with Gasteiger partial charge in [-0.05, 0) is 48.7 Å². The van der Waals surface area contributed by atoms with Gasteiger partial charge in [0.1, 0.15) is 11.2 Å². The second-order valence-electron chi connectivity index (χ2n) is 7.84. The predicted molar refractivity (Wildman–Crippen MR) is 122 cm³/mol. The summed E-state index contributed by atoms with van der Waals surface area (Å²) in [5, 5.41) is 2.98. The number of carbonyl (C=O) groups excluding carboxylic acids is 2. The second kappa shape index (κ2) is 9.51. The Hall–Kier alpha value is -3.87. The second-order valence-corrected chi connectivity index (χ2v) is 7.84. The zero-order valence-corrected chi connectivity index (χ0v) is 18.2. The van der Waals surface area contributed by atoms with Crippen molar-refractivity contribution in [3.63, 3.8) is 0 Å². The molecule has 0 bridgehead atoms. The number of rotatable bonds is 8. The van der Waals surface area contributed by atoms with Gasteiger partial charge in [0.2, 0.25) is 0 Å². The highest BCUT2D eigenvalue weighted by Crippen LogP contribution is 2.18. The molecule has 0 aliphatic carbocycles. The number of amides is 2. The number of nitrogens with one attached hydrogen (secondary N) is 1. The number of hydrogen-bond donors (Lipinski definition) is 1. The molecule has 32 heavy (non-hydrogen) atoms. The highest BCUT2D eigenvalue weighted by Gasteiger charge is 2.22. The Morgan fingerprint density at radius 1 is 1.12 bits per heavy atom. The van der Waals surface area contributed by atoms with Crippen molar-refractivity contribution in [2.75, 3.05) is 13.6 Å². The van der Waals surface area contributed by atoms with E-state index in [4.69, 9.17) is 4.42 Å². The van der Waals surface area contributed by atoms with Crippen molar-refractivity contribution in [1.29, 1.82) is 0 Å². The summed E-state index contributed by atoms with van der Waals surface area (Å²) in [6, 6.07) is 18.8. The molecule has 2 aromatic carbocycles. The van der Waals surface area contributed by atoms with Gasteiger partial charge in [0, 0.05) is 38.4 Å². The maximum atomic E-state index is 13.2. The normalized spacial score (nSPS) is 11.9. The molecule has 2 heterocycles. The lowest BCUT2D eigenvalue weighted by Gasteiger charge is -2.29. The van der Waals surface area contributed by atoms with Crippen LogP contribution in [0.3, 0.4) is 0 Å². The minimum atomic E-state index is -0.124. The Morgan fingerprint density at radius 3 is 2.69 bits per heavy atom. The third-order valence-electron chi connectivity index (χ3n) is 5.70. The van der Waals surface area contributed by atoms with E-state index in [-0.39, 0.29) is 17.9 Å². The van der Waals surface area contributed by atoms with Crippen LogP contribution in [0.1, 0.15) is 32.8 Å². The predicted octanol–water partition coefficient (Wildman–Crippen LogP) is 3.67. The van der Waals surface area contributed by atoms with Crippen molar-refractivity contribution in [3.05, 3.63) is 90.1 Å². The summed E-state index contributed by atoms with van der Waals surface area (Å²) in [6.45, 7) is 0.460. The molecule has 4 aromatic rings. The van der Waals surface area contributed by atoms with Gasteiger partial charge in [-0.2, -0.15) is 0 Å². The first kappa shape index (κ1) is 21.4. The van der Waals surface area contributed by atoms with E-state index in [2.05, 4.69) is 22.4 Å². The van der Waals surface area contributed by atoms with Gasteiger partial charge in [0.05, 0.1) is 0 Å².